The van der Waals surface area contributed by atoms with Gasteiger partial charge in [0.05, 0.1) is 0 Å². The Bertz CT molecular complexity index is 1150. The number of hydrogen-bond acceptors (Lipinski definition) is 1. The molecule has 0 aromatic heterocycles. The fraction of sp³-hybridized carbons (Fsp3) is 0.0455. The van der Waals surface area contributed by atoms with Crippen LogP contribution in [0.25, 0.3) is 29.0 Å². The molecule has 0 aliphatic heterocycles. The summed E-state index contributed by atoms with van der Waals surface area (Å²) < 4.78 is 0. The van der Waals surface area contributed by atoms with E-state index in [0.29, 0.717) is 0 Å². The molecule has 0 saturated heterocycles. The first-order valence-corrected chi connectivity index (χ1v) is 7.90. The number of ketones is 1. The molecule has 0 heterocycles. The number of benzene rings is 3. The minimum atomic E-state index is 0.133. The van der Waals surface area contributed by atoms with Gasteiger partial charge in [-0.15, -0.1) is 0 Å². The largest absolute Gasteiger partial charge is 0.289 e. The highest BCUT2D eigenvalue weighted by atomic mass is 16.1. The third-order valence-corrected chi connectivity index (χ3v) is 4.74. The van der Waals surface area contributed by atoms with Crippen molar-refractivity contribution in [2.75, 3.05) is 0 Å². The minimum absolute atomic E-state index is 0.133. The molecule has 3 aromatic carbocycles. The molecule has 0 unspecified atom stereocenters. The fourth-order valence-corrected chi connectivity index (χ4v) is 3.56. The molecule has 2 aliphatic carbocycles. The molecule has 0 saturated carbocycles. The van der Waals surface area contributed by atoms with Crippen molar-refractivity contribution in [3.05, 3.63) is 87.3 Å². The second-order valence-corrected chi connectivity index (χ2v) is 6.17. The molecule has 0 fully saturated rings. The molecule has 108 valence electrons. The number of carbonyl (C=O) groups is 1. The highest BCUT2D eigenvalue weighted by molar-refractivity contribution is 6.15. The molecule has 1 nitrogen and oxygen atoms in total. The van der Waals surface area contributed by atoms with Crippen LogP contribution in [0.2, 0.25) is 0 Å². The Kier molecular flexibility index (Phi) is 2.48. The summed E-state index contributed by atoms with van der Waals surface area (Å²) in [5, 5.41) is 4.47. The topological polar surface area (TPSA) is 17.1 Å². The first-order chi connectivity index (χ1) is 11.3. The van der Waals surface area contributed by atoms with Gasteiger partial charge in [-0.2, -0.15) is 0 Å². The summed E-state index contributed by atoms with van der Waals surface area (Å²) in [6.07, 6.45) is 9.55. The number of fused-ring (bicyclic) bond motifs is 4. The third-order valence-electron chi connectivity index (χ3n) is 4.74. The molecule has 0 spiro atoms. The molecule has 1 heteroatoms. The highest BCUT2D eigenvalue weighted by Crippen LogP contribution is 2.24. The zero-order valence-corrected chi connectivity index (χ0v) is 12.5. The average Bonchev–Trinajstić information content (AvgIpc) is 2.59. The van der Waals surface area contributed by atoms with Crippen LogP contribution >= 0.6 is 0 Å². The molecule has 5 rings (SSSR count). The molecule has 23 heavy (non-hydrogen) atoms. The number of hydrogen-bond donors (Lipinski definition) is 0. The predicted octanol–water partition coefficient (Wildman–Crippen LogP) is 3.41. The van der Waals surface area contributed by atoms with Crippen molar-refractivity contribution in [1.29, 1.82) is 0 Å². The summed E-state index contributed by atoms with van der Waals surface area (Å²) in [4.78, 5) is 13.0. The van der Waals surface area contributed by atoms with Crippen molar-refractivity contribution in [2.45, 2.75) is 6.42 Å². The number of carbonyl (C=O) groups excluding carboxylic acids is 1. The molecule has 0 radical (unpaired) electrons. The molecular formula is C22H14O. The fourth-order valence-electron chi connectivity index (χ4n) is 3.56. The lowest BCUT2D eigenvalue weighted by Crippen LogP contribution is -2.26. The van der Waals surface area contributed by atoms with E-state index in [4.69, 9.17) is 0 Å². The SMILES string of the molecule is O=C1c2cc3ccccc3cc2C=c2cc3c(cc21)=CCC=C3. The zero-order chi connectivity index (χ0) is 15.4. The van der Waals surface area contributed by atoms with Gasteiger partial charge in [0.15, 0.2) is 5.78 Å². The van der Waals surface area contributed by atoms with Gasteiger partial charge in [0, 0.05) is 11.1 Å². The van der Waals surface area contributed by atoms with E-state index in [2.05, 4.69) is 48.6 Å². The summed E-state index contributed by atoms with van der Waals surface area (Å²) in [5.74, 6) is 0.133. The van der Waals surface area contributed by atoms with E-state index in [9.17, 15) is 4.79 Å². The molecule has 0 bridgehead atoms. The lowest BCUT2D eigenvalue weighted by Gasteiger charge is -2.15. The van der Waals surface area contributed by atoms with Gasteiger partial charge in [0.2, 0.25) is 0 Å². The van der Waals surface area contributed by atoms with Gasteiger partial charge in [-0.05, 0) is 69.1 Å². The Morgan fingerprint density at radius 3 is 2.48 bits per heavy atom. The van der Waals surface area contributed by atoms with Crippen molar-refractivity contribution < 1.29 is 4.79 Å². The van der Waals surface area contributed by atoms with Crippen LogP contribution in [-0.2, 0) is 0 Å². The van der Waals surface area contributed by atoms with E-state index in [1.54, 1.807) is 0 Å². The normalized spacial score (nSPS) is 14.5. The van der Waals surface area contributed by atoms with Gasteiger partial charge in [0.25, 0.3) is 0 Å². The van der Waals surface area contributed by atoms with Gasteiger partial charge in [-0.3, -0.25) is 4.79 Å². The van der Waals surface area contributed by atoms with Crippen molar-refractivity contribution in [1.82, 2.24) is 0 Å². The van der Waals surface area contributed by atoms with Gasteiger partial charge >= 0.3 is 0 Å². The van der Waals surface area contributed by atoms with Crippen molar-refractivity contribution in [3.63, 3.8) is 0 Å². The summed E-state index contributed by atoms with van der Waals surface area (Å²) >= 11 is 0. The maximum absolute atomic E-state index is 13.0. The van der Waals surface area contributed by atoms with Crippen LogP contribution in [-0.4, -0.2) is 5.78 Å². The van der Waals surface area contributed by atoms with Crippen molar-refractivity contribution in [2.24, 2.45) is 0 Å². The second-order valence-electron chi connectivity index (χ2n) is 6.17. The van der Waals surface area contributed by atoms with Crippen LogP contribution in [0.1, 0.15) is 33.5 Å². The monoisotopic (exact) mass is 294 g/mol. The Labute approximate surface area is 133 Å². The van der Waals surface area contributed by atoms with Crippen LogP contribution in [0.15, 0.2) is 54.6 Å². The van der Waals surface area contributed by atoms with Crippen molar-refractivity contribution in [3.8, 4) is 0 Å². The Hall–Kier alpha value is -2.93. The van der Waals surface area contributed by atoms with Gasteiger partial charge in [-0.25, -0.2) is 0 Å². The minimum Gasteiger partial charge on any atom is -0.289 e. The Morgan fingerprint density at radius 1 is 0.783 bits per heavy atom. The Balaban J connectivity index is 1.86. The zero-order valence-electron chi connectivity index (χ0n) is 12.5. The molecular weight excluding hydrogens is 280 g/mol. The smallest absolute Gasteiger partial charge is 0.194 e. The molecule has 0 atom stereocenters. The summed E-state index contributed by atoms with van der Waals surface area (Å²) in [6.45, 7) is 0. The quantitative estimate of drug-likeness (QED) is 0.486. The lowest BCUT2D eigenvalue weighted by molar-refractivity contribution is 0.103. The maximum Gasteiger partial charge on any atom is 0.194 e. The molecule has 3 aromatic rings. The van der Waals surface area contributed by atoms with E-state index in [-0.39, 0.29) is 5.78 Å². The van der Waals surface area contributed by atoms with Gasteiger partial charge in [0.1, 0.15) is 0 Å². The van der Waals surface area contributed by atoms with E-state index >= 15 is 0 Å². The van der Waals surface area contributed by atoms with Crippen LogP contribution < -0.4 is 10.4 Å². The molecule has 0 amide bonds. The predicted molar refractivity (Wildman–Crippen MR) is 94.8 cm³/mol. The summed E-state index contributed by atoms with van der Waals surface area (Å²) in [6, 6.07) is 16.5. The van der Waals surface area contributed by atoms with Crippen molar-refractivity contribution >= 4 is 34.8 Å². The number of allylic oxidation sites excluding steroid dienone is 1. The first-order valence-electron chi connectivity index (χ1n) is 7.90. The van der Waals surface area contributed by atoms with Crippen LogP contribution in [0.4, 0.5) is 0 Å². The lowest BCUT2D eigenvalue weighted by atomic mass is 9.87. The maximum atomic E-state index is 13.0. The van der Waals surface area contributed by atoms with Crippen LogP contribution in [0, 0.1) is 0 Å². The third kappa shape index (κ3) is 1.83. The van der Waals surface area contributed by atoms with Crippen LogP contribution in [0.5, 0.6) is 0 Å². The summed E-state index contributed by atoms with van der Waals surface area (Å²) in [5.41, 5.74) is 3.84. The molecule has 2 aliphatic rings. The molecule has 0 N–H and O–H groups in total. The van der Waals surface area contributed by atoms with E-state index < -0.39 is 0 Å². The number of rotatable bonds is 0. The van der Waals surface area contributed by atoms with E-state index in [1.807, 2.05) is 24.3 Å². The Morgan fingerprint density at radius 2 is 1.61 bits per heavy atom. The standard InChI is InChI=1S/C22H14O/c23-22-20-12-16-7-3-1-5-14(16)9-18(20)11-19-10-15-6-2-4-8-17(15)13-21(19)22/h1-3,5-13H,4H2. The average molecular weight is 294 g/mol. The van der Waals surface area contributed by atoms with E-state index in [0.717, 1.165) is 38.9 Å². The highest BCUT2D eigenvalue weighted by Gasteiger charge is 2.20. The van der Waals surface area contributed by atoms with Gasteiger partial charge in [-0.1, -0.05) is 42.5 Å². The van der Waals surface area contributed by atoms with Crippen LogP contribution in [0.3, 0.4) is 0 Å². The first kappa shape index (κ1) is 12.6. The summed E-state index contributed by atoms with van der Waals surface area (Å²) in [7, 11) is 0. The van der Waals surface area contributed by atoms with Gasteiger partial charge < -0.3 is 0 Å². The second kappa shape index (κ2) is 4.53. The van der Waals surface area contributed by atoms with E-state index in [1.165, 1.54) is 10.9 Å².